The number of para-hydroxylation sites is 1. The molecule has 3 rings (SSSR count). The number of benzene rings is 2. The standard InChI is InChI=1S/C25H35N3O2/c1-4-27-13-15-28(16-14-27)19-23-10-8-22(9-11-23)18-26-24(29)12-17-30-25-20(2)6-5-7-21(25)3/h5-11H,4,12-19H2,1-3H3,(H,26,29). The highest BCUT2D eigenvalue weighted by atomic mass is 16.5. The van der Waals surface area contributed by atoms with E-state index in [9.17, 15) is 4.79 Å². The molecule has 1 aliphatic rings. The Morgan fingerprint density at radius 2 is 1.53 bits per heavy atom. The highest BCUT2D eigenvalue weighted by molar-refractivity contribution is 5.76. The van der Waals surface area contributed by atoms with Crippen molar-refractivity contribution in [3.63, 3.8) is 0 Å². The average Bonchev–Trinajstić information content (AvgIpc) is 2.76. The lowest BCUT2D eigenvalue weighted by Crippen LogP contribution is -2.45. The van der Waals surface area contributed by atoms with Crippen LogP contribution in [0.1, 0.15) is 35.6 Å². The fourth-order valence-electron chi connectivity index (χ4n) is 3.85. The number of likely N-dealkylation sites (N-methyl/N-ethyl adjacent to an activating group) is 1. The zero-order valence-electron chi connectivity index (χ0n) is 18.6. The second kappa shape index (κ2) is 11.1. The molecule has 0 atom stereocenters. The molecule has 0 unspecified atom stereocenters. The van der Waals surface area contributed by atoms with Crippen LogP contribution in [-0.4, -0.2) is 55.0 Å². The number of hydrogen-bond donors (Lipinski definition) is 1. The van der Waals surface area contributed by atoms with Crippen LogP contribution < -0.4 is 10.1 Å². The normalized spacial score (nSPS) is 15.2. The van der Waals surface area contributed by atoms with Gasteiger partial charge < -0.3 is 15.0 Å². The van der Waals surface area contributed by atoms with E-state index >= 15 is 0 Å². The number of piperazine rings is 1. The molecule has 0 saturated carbocycles. The van der Waals surface area contributed by atoms with Crippen molar-refractivity contribution >= 4 is 5.91 Å². The molecular weight excluding hydrogens is 374 g/mol. The number of nitrogens with zero attached hydrogens (tertiary/aromatic N) is 2. The predicted octanol–water partition coefficient (Wildman–Crippen LogP) is 3.53. The average molecular weight is 410 g/mol. The van der Waals surface area contributed by atoms with Gasteiger partial charge in [0.25, 0.3) is 0 Å². The SMILES string of the molecule is CCN1CCN(Cc2ccc(CNC(=O)CCOc3c(C)cccc3C)cc2)CC1. The number of carbonyl (C=O) groups is 1. The molecule has 1 heterocycles. The zero-order chi connectivity index (χ0) is 21.3. The number of hydrogen-bond acceptors (Lipinski definition) is 4. The molecule has 0 radical (unpaired) electrons. The Morgan fingerprint density at radius 1 is 0.933 bits per heavy atom. The first-order valence-electron chi connectivity index (χ1n) is 11.0. The monoisotopic (exact) mass is 409 g/mol. The molecule has 0 spiro atoms. The maximum absolute atomic E-state index is 12.2. The molecule has 0 aliphatic carbocycles. The Morgan fingerprint density at radius 3 is 2.17 bits per heavy atom. The van der Waals surface area contributed by atoms with E-state index in [1.165, 1.54) is 5.56 Å². The van der Waals surface area contributed by atoms with Gasteiger partial charge in [-0.3, -0.25) is 9.69 Å². The summed E-state index contributed by atoms with van der Waals surface area (Å²) >= 11 is 0. The van der Waals surface area contributed by atoms with Gasteiger partial charge in [-0.2, -0.15) is 0 Å². The smallest absolute Gasteiger partial charge is 0.223 e. The van der Waals surface area contributed by atoms with Crippen LogP contribution in [0.5, 0.6) is 5.75 Å². The maximum Gasteiger partial charge on any atom is 0.223 e. The van der Waals surface area contributed by atoms with Crippen LogP contribution in [0.3, 0.4) is 0 Å². The summed E-state index contributed by atoms with van der Waals surface area (Å²) in [5.41, 5.74) is 4.65. The summed E-state index contributed by atoms with van der Waals surface area (Å²) in [6, 6.07) is 14.7. The first-order valence-corrected chi connectivity index (χ1v) is 11.0. The number of ether oxygens (including phenoxy) is 1. The number of carbonyl (C=O) groups excluding carboxylic acids is 1. The molecule has 0 aromatic heterocycles. The maximum atomic E-state index is 12.2. The van der Waals surface area contributed by atoms with E-state index in [1.54, 1.807) is 0 Å². The van der Waals surface area contributed by atoms with Crippen molar-refractivity contribution < 1.29 is 9.53 Å². The number of nitrogens with one attached hydrogen (secondary N) is 1. The quantitative estimate of drug-likeness (QED) is 0.688. The second-order valence-corrected chi connectivity index (χ2v) is 8.12. The van der Waals surface area contributed by atoms with Gasteiger partial charge in [-0.15, -0.1) is 0 Å². The summed E-state index contributed by atoms with van der Waals surface area (Å²) in [5, 5.41) is 2.99. The molecule has 2 aromatic rings. The summed E-state index contributed by atoms with van der Waals surface area (Å²) < 4.78 is 5.82. The third-order valence-electron chi connectivity index (χ3n) is 5.82. The molecule has 1 saturated heterocycles. The molecule has 162 valence electrons. The van der Waals surface area contributed by atoms with Crippen LogP contribution >= 0.6 is 0 Å². The third kappa shape index (κ3) is 6.57. The molecule has 5 heteroatoms. The van der Waals surface area contributed by atoms with E-state index in [1.807, 2.05) is 32.0 Å². The number of amides is 1. The van der Waals surface area contributed by atoms with E-state index in [0.29, 0.717) is 19.6 Å². The van der Waals surface area contributed by atoms with Crippen LogP contribution in [0, 0.1) is 13.8 Å². The van der Waals surface area contributed by atoms with Crippen molar-refractivity contribution in [2.75, 3.05) is 39.3 Å². The van der Waals surface area contributed by atoms with Gasteiger partial charge in [0.1, 0.15) is 5.75 Å². The first kappa shape index (κ1) is 22.3. The Labute approximate surface area is 181 Å². The Hall–Kier alpha value is -2.37. The van der Waals surface area contributed by atoms with Crippen LogP contribution in [0.25, 0.3) is 0 Å². The Balaban J connectivity index is 1.37. The highest BCUT2D eigenvalue weighted by Crippen LogP contribution is 2.22. The van der Waals surface area contributed by atoms with Crippen LogP contribution in [0.4, 0.5) is 0 Å². The topological polar surface area (TPSA) is 44.8 Å². The van der Waals surface area contributed by atoms with Gasteiger partial charge in [0.2, 0.25) is 5.91 Å². The molecule has 30 heavy (non-hydrogen) atoms. The van der Waals surface area contributed by atoms with Gasteiger partial charge in [0.05, 0.1) is 13.0 Å². The van der Waals surface area contributed by atoms with E-state index < -0.39 is 0 Å². The van der Waals surface area contributed by atoms with Gasteiger partial charge in [-0.25, -0.2) is 0 Å². The summed E-state index contributed by atoms with van der Waals surface area (Å²) in [6.45, 7) is 14.0. The van der Waals surface area contributed by atoms with Gasteiger partial charge in [0.15, 0.2) is 0 Å². The fraction of sp³-hybridized carbons (Fsp3) is 0.480. The van der Waals surface area contributed by atoms with Crippen molar-refractivity contribution in [2.45, 2.75) is 40.3 Å². The second-order valence-electron chi connectivity index (χ2n) is 8.12. The molecule has 2 aromatic carbocycles. The van der Waals surface area contributed by atoms with Crippen LogP contribution in [0.15, 0.2) is 42.5 Å². The summed E-state index contributed by atoms with van der Waals surface area (Å²) in [7, 11) is 0. The summed E-state index contributed by atoms with van der Waals surface area (Å²) in [4.78, 5) is 17.2. The van der Waals surface area contributed by atoms with E-state index in [4.69, 9.17) is 4.74 Å². The van der Waals surface area contributed by atoms with Crippen molar-refractivity contribution in [3.05, 3.63) is 64.7 Å². The number of rotatable bonds is 9. The Kier molecular flexibility index (Phi) is 8.29. The molecule has 1 amide bonds. The van der Waals surface area contributed by atoms with Crippen molar-refractivity contribution in [2.24, 2.45) is 0 Å². The first-order chi connectivity index (χ1) is 14.5. The molecule has 1 fully saturated rings. The van der Waals surface area contributed by atoms with Gasteiger partial charge in [0, 0.05) is 39.3 Å². The minimum atomic E-state index is 0.0131. The predicted molar refractivity (Wildman–Crippen MR) is 122 cm³/mol. The van der Waals surface area contributed by atoms with Crippen LogP contribution in [-0.2, 0) is 17.9 Å². The molecule has 0 bridgehead atoms. The van der Waals surface area contributed by atoms with Crippen LogP contribution in [0.2, 0.25) is 0 Å². The van der Waals surface area contributed by atoms with Gasteiger partial charge in [-0.1, -0.05) is 49.4 Å². The summed E-state index contributed by atoms with van der Waals surface area (Å²) in [6.07, 6.45) is 0.357. The Bertz CT molecular complexity index is 791. The zero-order valence-corrected chi connectivity index (χ0v) is 18.6. The lowest BCUT2D eigenvalue weighted by Gasteiger charge is -2.34. The molecular formula is C25H35N3O2. The van der Waals surface area contributed by atoms with Crippen molar-refractivity contribution in [1.82, 2.24) is 15.1 Å². The minimum absolute atomic E-state index is 0.0131. The van der Waals surface area contributed by atoms with Gasteiger partial charge >= 0.3 is 0 Å². The van der Waals surface area contributed by atoms with Crippen molar-refractivity contribution in [3.8, 4) is 5.75 Å². The fourth-order valence-corrected chi connectivity index (χ4v) is 3.85. The lowest BCUT2D eigenvalue weighted by atomic mass is 10.1. The van der Waals surface area contributed by atoms with E-state index in [2.05, 4.69) is 46.3 Å². The largest absolute Gasteiger partial charge is 0.493 e. The molecule has 1 N–H and O–H groups in total. The highest BCUT2D eigenvalue weighted by Gasteiger charge is 2.15. The summed E-state index contributed by atoms with van der Waals surface area (Å²) in [5.74, 6) is 0.899. The van der Waals surface area contributed by atoms with E-state index in [-0.39, 0.29) is 5.91 Å². The number of aryl methyl sites for hydroxylation is 2. The lowest BCUT2D eigenvalue weighted by molar-refractivity contribution is -0.121. The molecule has 1 aliphatic heterocycles. The molecule has 5 nitrogen and oxygen atoms in total. The third-order valence-corrected chi connectivity index (χ3v) is 5.82. The minimum Gasteiger partial charge on any atom is -0.493 e. The van der Waals surface area contributed by atoms with Gasteiger partial charge in [-0.05, 0) is 42.6 Å². The van der Waals surface area contributed by atoms with Crippen molar-refractivity contribution in [1.29, 1.82) is 0 Å². The van der Waals surface area contributed by atoms with E-state index in [0.717, 1.165) is 61.7 Å².